The maximum atomic E-state index is 11.8. The number of fused-ring (bicyclic) bond motifs is 1. The van der Waals surface area contributed by atoms with Crippen LogP contribution in [0, 0.1) is 17.2 Å². The van der Waals surface area contributed by atoms with Crippen molar-refractivity contribution in [1.29, 1.82) is 5.26 Å². The number of hydrogen-bond acceptors (Lipinski definition) is 6. The normalized spacial score (nSPS) is 15.9. The van der Waals surface area contributed by atoms with Crippen molar-refractivity contribution in [3.05, 3.63) is 30.0 Å². The fourth-order valence-electron chi connectivity index (χ4n) is 3.63. The quantitative estimate of drug-likeness (QED) is 0.715. The second-order valence-corrected chi connectivity index (χ2v) is 7.67. The molecule has 1 aromatic heterocycles. The van der Waals surface area contributed by atoms with Gasteiger partial charge >= 0.3 is 0 Å². The largest absolute Gasteiger partial charge is 0.493 e. The van der Waals surface area contributed by atoms with Gasteiger partial charge in [0.25, 0.3) is 5.91 Å². The number of amides is 2. The first-order chi connectivity index (χ1) is 14.4. The number of nitrogens with zero attached hydrogens (tertiary/aromatic N) is 3. The van der Waals surface area contributed by atoms with Crippen molar-refractivity contribution in [1.82, 2.24) is 9.88 Å². The van der Waals surface area contributed by atoms with Gasteiger partial charge in [-0.15, -0.1) is 0 Å². The number of nitriles is 1. The fourth-order valence-corrected chi connectivity index (χ4v) is 3.63. The van der Waals surface area contributed by atoms with Gasteiger partial charge < -0.3 is 20.1 Å². The van der Waals surface area contributed by atoms with Gasteiger partial charge in [-0.05, 0) is 50.8 Å². The van der Waals surface area contributed by atoms with Gasteiger partial charge in [0.05, 0.1) is 29.9 Å². The molecule has 2 amide bonds. The Balaban J connectivity index is 1.70. The van der Waals surface area contributed by atoms with Crippen LogP contribution >= 0.6 is 0 Å². The number of rotatable bonds is 8. The highest BCUT2D eigenvalue weighted by Gasteiger charge is 2.25. The molecule has 0 spiro atoms. The Labute approximate surface area is 175 Å². The van der Waals surface area contributed by atoms with Crippen LogP contribution in [0.25, 0.3) is 10.9 Å². The lowest BCUT2D eigenvalue weighted by molar-refractivity contribution is -0.129. The van der Waals surface area contributed by atoms with Crippen LogP contribution in [0.2, 0.25) is 0 Å². The molecule has 1 aromatic carbocycles. The van der Waals surface area contributed by atoms with E-state index in [2.05, 4.69) is 4.98 Å². The number of carbonyl (C=O) groups excluding carboxylic acids is 2. The molecule has 8 heteroatoms. The zero-order valence-electron chi connectivity index (χ0n) is 17.3. The smallest absolute Gasteiger partial charge is 0.252 e. The van der Waals surface area contributed by atoms with Gasteiger partial charge in [-0.1, -0.05) is 0 Å². The van der Waals surface area contributed by atoms with Crippen LogP contribution in [0.4, 0.5) is 0 Å². The van der Waals surface area contributed by atoms with Gasteiger partial charge in [0, 0.05) is 24.7 Å². The van der Waals surface area contributed by atoms with Crippen LogP contribution in [-0.2, 0) is 4.79 Å². The molecule has 2 heterocycles. The monoisotopic (exact) mass is 410 g/mol. The summed E-state index contributed by atoms with van der Waals surface area (Å²) in [6.45, 7) is 5.59. The molecule has 0 saturated carbocycles. The minimum absolute atomic E-state index is 0.0691. The predicted molar refractivity (Wildman–Crippen MR) is 111 cm³/mol. The van der Waals surface area contributed by atoms with Gasteiger partial charge in [-0.3, -0.25) is 14.6 Å². The van der Waals surface area contributed by atoms with Crippen LogP contribution in [0.5, 0.6) is 11.5 Å². The first-order valence-electron chi connectivity index (χ1n) is 10.1. The van der Waals surface area contributed by atoms with E-state index in [0.29, 0.717) is 42.6 Å². The Morgan fingerprint density at radius 1 is 1.37 bits per heavy atom. The van der Waals surface area contributed by atoms with Crippen LogP contribution < -0.4 is 15.2 Å². The van der Waals surface area contributed by atoms with Gasteiger partial charge in [0.15, 0.2) is 0 Å². The van der Waals surface area contributed by atoms with Crippen LogP contribution in [0.1, 0.15) is 43.5 Å². The molecular weight excluding hydrogens is 384 g/mol. The number of benzene rings is 1. The Bertz CT molecular complexity index is 983. The van der Waals surface area contributed by atoms with Crippen molar-refractivity contribution in [3.63, 3.8) is 0 Å². The molecule has 0 bridgehead atoms. The van der Waals surface area contributed by atoms with E-state index in [1.807, 2.05) is 19.9 Å². The SMILES string of the molecule is CC(C)Oc1cc2c(OCC[C@H]3CCN(C(=O)CC#N)C3)ccnc2cc1C(N)=O. The number of primary amides is 1. The highest BCUT2D eigenvalue weighted by atomic mass is 16.5. The molecular formula is C22H26N4O4. The first kappa shape index (κ1) is 21.4. The van der Waals surface area contributed by atoms with Crippen molar-refractivity contribution >= 4 is 22.7 Å². The molecule has 0 radical (unpaired) electrons. The maximum Gasteiger partial charge on any atom is 0.252 e. The number of likely N-dealkylation sites (tertiary alicyclic amines) is 1. The third-order valence-electron chi connectivity index (χ3n) is 5.08. The van der Waals surface area contributed by atoms with Crippen LogP contribution in [-0.4, -0.2) is 47.5 Å². The average molecular weight is 410 g/mol. The summed E-state index contributed by atoms with van der Waals surface area (Å²) in [5, 5.41) is 9.42. The molecule has 0 unspecified atom stereocenters. The first-order valence-corrected chi connectivity index (χ1v) is 10.1. The fraction of sp³-hybridized carbons (Fsp3) is 0.455. The molecule has 2 aromatic rings. The zero-order chi connectivity index (χ0) is 21.7. The maximum absolute atomic E-state index is 11.8. The standard InChI is InChI=1S/C22H26N4O4/c1-14(2)30-20-12-16-18(11-17(20)22(24)28)25-8-4-19(16)29-10-6-15-5-9-26(13-15)21(27)3-7-23/h4,8,11-12,14-15H,3,5-6,9-10,13H2,1-2H3,(H2,24,28)/t15-/m1/s1. The molecule has 1 atom stereocenters. The molecule has 158 valence electrons. The lowest BCUT2D eigenvalue weighted by Crippen LogP contribution is -2.28. The molecule has 0 aliphatic carbocycles. The average Bonchev–Trinajstić information content (AvgIpc) is 3.16. The number of carbonyl (C=O) groups is 2. The van der Waals surface area contributed by atoms with Gasteiger partial charge in [0.2, 0.25) is 5.91 Å². The van der Waals surface area contributed by atoms with Crippen molar-refractivity contribution in [3.8, 4) is 17.6 Å². The summed E-state index contributed by atoms with van der Waals surface area (Å²) in [6.07, 6.45) is 3.15. The third-order valence-corrected chi connectivity index (χ3v) is 5.08. The molecule has 30 heavy (non-hydrogen) atoms. The summed E-state index contributed by atoms with van der Waals surface area (Å²) < 4.78 is 11.8. The van der Waals surface area contributed by atoms with E-state index in [1.165, 1.54) is 0 Å². The van der Waals surface area contributed by atoms with E-state index < -0.39 is 5.91 Å². The number of pyridine rings is 1. The van der Waals surface area contributed by atoms with Crippen LogP contribution in [0.3, 0.4) is 0 Å². The highest BCUT2D eigenvalue weighted by Crippen LogP contribution is 2.32. The molecule has 1 saturated heterocycles. The number of aromatic nitrogens is 1. The number of hydrogen-bond donors (Lipinski definition) is 1. The van der Waals surface area contributed by atoms with E-state index >= 15 is 0 Å². The summed E-state index contributed by atoms with van der Waals surface area (Å²) in [5.41, 5.74) is 6.39. The Hall–Kier alpha value is -3.34. The van der Waals surface area contributed by atoms with Gasteiger partial charge in [-0.25, -0.2) is 0 Å². The summed E-state index contributed by atoms with van der Waals surface area (Å²) in [5.74, 6) is 0.730. The molecule has 2 N–H and O–H groups in total. The summed E-state index contributed by atoms with van der Waals surface area (Å²) >= 11 is 0. The summed E-state index contributed by atoms with van der Waals surface area (Å²) in [6, 6.07) is 7.06. The number of nitrogens with two attached hydrogens (primary N) is 1. The Morgan fingerprint density at radius 2 is 2.17 bits per heavy atom. The summed E-state index contributed by atoms with van der Waals surface area (Å²) in [7, 11) is 0. The minimum atomic E-state index is -0.572. The van der Waals surface area contributed by atoms with E-state index in [0.717, 1.165) is 18.2 Å². The van der Waals surface area contributed by atoms with Crippen molar-refractivity contribution in [2.75, 3.05) is 19.7 Å². The zero-order valence-corrected chi connectivity index (χ0v) is 17.3. The number of ether oxygens (including phenoxy) is 2. The van der Waals surface area contributed by atoms with Crippen LogP contribution in [0.15, 0.2) is 24.4 Å². The third kappa shape index (κ3) is 4.98. The van der Waals surface area contributed by atoms with Crippen molar-refractivity contribution < 1.29 is 19.1 Å². The second-order valence-electron chi connectivity index (χ2n) is 7.67. The van der Waals surface area contributed by atoms with Gasteiger partial charge in [-0.2, -0.15) is 5.26 Å². The molecule has 1 aliphatic heterocycles. The topological polar surface area (TPSA) is 119 Å². The van der Waals surface area contributed by atoms with E-state index in [-0.39, 0.29) is 24.0 Å². The minimum Gasteiger partial charge on any atom is -0.493 e. The molecule has 1 fully saturated rings. The van der Waals surface area contributed by atoms with Gasteiger partial charge in [0.1, 0.15) is 17.9 Å². The van der Waals surface area contributed by atoms with E-state index in [9.17, 15) is 9.59 Å². The Kier molecular flexibility index (Phi) is 6.72. The lowest BCUT2D eigenvalue weighted by atomic mass is 10.1. The second kappa shape index (κ2) is 9.44. The molecule has 3 rings (SSSR count). The molecule has 1 aliphatic rings. The van der Waals surface area contributed by atoms with E-state index in [1.54, 1.807) is 29.3 Å². The van der Waals surface area contributed by atoms with Crippen molar-refractivity contribution in [2.24, 2.45) is 11.7 Å². The highest BCUT2D eigenvalue weighted by molar-refractivity contribution is 6.01. The lowest BCUT2D eigenvalue weighted by Gasteiger charge is -2.16. The summed E-state index contributed by atoms with van der Waals surface area (Å²) in [4.78, 5) is 29.7. The van der Waals surface area contributed by atoms with E-state index in [4.69, 9.17) is 20.5 Å². The Morgan fingerprint density at radius 3 is 2.87 bits per heavy atom. The predicted octanol–water partition coefficient (Wildman–Crippen LogP) is 2.65. The van der Waals surface area contributed by atoms with Crippen molar-refractivity contribution in [2.45, 2.75) is 39.2 Å². The molecule has 8 nitrogen and oxygen atoms in total.